The number of carboxylic acids is 1. The molecule has 0 heterocycles. The number of amides is 1. The Morgan fingerprint density at radius 2 is 1.95 bits per heavy atom. The number of aliphatic carboxylic acids is 1. The third-order valence-electron chi connectivity index (χ3n) is 2.63. The lowest BCUT2D eigenvalue weighted by Gasteiger charge is -2.15. The maximum Gasteiger partial charge on any atom is 0.322 e. The minimum atomic E-state index is -4.04. The number of carbonyl (C=O) groups excluding carboxylic acids is 1. The van der Waals surface area contributed by atoms with Crippen LogP contribution in [-0.2, 0) is 19.6 Å². The van der Waals surface area contributed by atoms with Crippen molar-refractivity contribution in [1.29, 1.82) is 0 Å². The Bertz CT molecular complexity index is 639. The van der Waals surface area contributed by atoms with Gasteiger partial charge in [-0.1, -0.05) is 12.1 Å². The molecule has 0 bridgehead atoms. The zero-order chi connectivity index (χ0) is 15.5. The second-order valence-corrected chi connectivity index (χ2v) is 6.13. The Kier molecular flexibility index (Phi) is 4.85. The van der Waals surface area contributed by atoms with Gasteiger partial charge in [0.25, 0.3) is 0 Å². The van der Waals surface area contributed by atoms with Gasteiger partial charge in [0.1, 0.15) is 6.04 Å². The van der Waals surface area contributed by atoms with Crippen LogP contribution in [0.5, 0.6) is 0 Å². The molecule has 0 radical (unpaired) electrons. The number of nitrogens with two attached hydrogens (primary N) is 1. The second kappa shape index (κ2) is 6.02. The second-order valence-electron chi connectivity index (χ2n) is 4.45. The SMILES string of the molecule is Cc1ccc(C)c(S(=O)(=O)N[C@H](CC(N)=O)C(=O)O)c1. The summed E-state index contributed by atoms with van der Waals surface area (Å²) in [6.45, 7) is 3.31. The molecule has 110 valence electrons. The van der Waals surface area contributed by atoms with Crippen LogP contribution >= 0.6 is 0 Å². The summed E-state index contributed by atoms with van der Waals surface area (Å²) in [6, 6.07) is 3.21. The molecule has 8 heteroatoms. The monoisotopic (exact) mass is 300 g/mol. The van der Waals surface area contributed by atoms with Crippen LogP contribution in [0.25, 0.3) is 0 Å². The first kappa shape index (κ1) is 16.1. The van der Waals surface area contributed by atoms with Crippen molar-refractivity contribution in [3.63, 3.8) is 0 Å². The van der Waals surface area contributed by atoms with E-state index >= 15 is 0 Å². The lowest BCUT2D eigenvalue weighted by Crippen LogP contribution is -2.43. The molecule has 1 amide bonds. The summed E-state index contributed by atoms with van der Waals surface area (Å²) in [5.74, 6) is -2.36. The van der Waals surface area contributed by atoms with Gasteiger partial charge in [-0.15, -0.1) is 0 Å². The van der Waals surface area contributed by atoms with Gasteiger partial charge in [-0.25, -0.2) is 8.42 Å². The van der Waals surface area contributed by atoms with E-state index in [1.165, 1.54) is 6.07 Å². The Morgan fingerprint density at radius 1 is 1.35 bits per heavy atom. The van der Waals surface area contributed by atoms with Gasteiger partial charge in [0.2, 0.25) is 15.9 Å². The van der Waals surface area contributed by atoms with Crippen LogP contribution in [0, 0.1) is 13.8 Å². The fourth-order valence-corrected chi connectivity index (χ4v) is 3.15. The fourth-order valence-electron chi connectivity index (χ4n) is 1.63. The zero-order valence-electron chi connectivity index (χ0n) is 11.1. The number of hydrogen-bond acceptors (Lipinski definition) is 4. The molecule has 4 N–H and O–H groups in total. The van der Waals surface area contributed by atoms with Crippen LogP contribution in [0.15, 0.2) is 23.1 Å². The summed E-state index contributed by atoms with van der Waals surface area (Å²) in [5.41, 5.74) is 6.10. The van der Waals surface area contributed by atoms with Gasteiger partial charge < -0.3 is 10.8 Å². The molecule has 0 unspecified atom stereocenters. The Hall–Kier alpha value is -1.93. The van der Waals surface area contributed by atoms with Crippen LogP contribution in [0.4, 0.5) is 0 Å². The summed E-state index contributed by atoms with van der Waals surface area (Å²) >= 11 is 0. The lowest BCUT2D eigenvalue weighted by atomic mass is 10.2. The van der Waals surface area contributed by atoms with Gasteiger partial charge in [0.05, 0.1) is 11.3 Å². The first-order valence-electron chi connectivity index (χ1n) is 5.74. The molecule has 1 aromatic carbocycles. The van der Waals surface area contributed by atoms with Gasteiger partial charge in [-0.3, -0.25) is 9.59 Å². The van der Waals surface area contributed by atoms with Crippen LogP contribution < -0.4 is 10.5 Å². The maximum absolute atomic E-state index is 12.2. The Morgan fingerprint density at radius 3 is 2.45 bits per heavy atom. The van der Waals surface area contributed by atoms with Gasteiger partial charge >= 0.3 is 5.97 Å². The number of nitrogens with one attached hydrogen (secondary N) is 1. The Balaban J connectivity index is 3.12. The van der Waals surface area contributed by atoms with Crippen molar-refractivity contribution in [3.8, 4) is 0 Å². The number of sulfonamides is 1. The lowest BCUT2D eigenvalue weighted by molar-refractivity contribution is -0.140. The predicted octanol–water partition coefficient (Wildman–Crippen LogP) is -0.0897. The van der Waals surface area contributed by atoms with Gasteiger partial charge in [-0.2, -0.15) is 4.72 Å². The van der Waals surface area contributed by atoms with E-state index in [1.54, 1.807) is 26.0 Å². The van der Waals surface area contributed by atoms with Crippen molar-refractivity contribution in [1.82, 2.24) is 4.72 Å². The third-order valence-corrected chi connectivity index (χ3v) is 4.25. The number of aryl methyl sites for hydroxylation is 2. The van der Waals surface area contributed by atoms with E-state index in [0.717, 1.165) is 5.56 Å². The van der Waals surface area contributed by atoms with Crippen LogP contribution in [-0.4, -0.2) is 31.4 Å². The maximum atomic E-state index is 12.2. The average molecular weight is 300 g/mol. The number of hydrogen-bond donors (Lipinski definition) is 3. The van der Waals surface area contributed by atoms with Crippen LogP contribution in [0.3, 0.4) is 0 Å². The molecule has 0 aromatic heterocycles. The standard InChI is InChI=1S/C12H16N2O5S/c1-7-3-4-8(2)10(5-7)20(18,19)14-9(12(16)17)6-11(13)15/h3-5,9,14H,6H2,1-2H3,(H2,13,15)(H,16,17)/t9-/m1/s1. The summed E-state index contributed by atoms with van der Waals surface area (Å²) in [4.78, 5) is 21.7. The number of carboxylic acid groups (broad SMARTS) is 1. The number of primary amides is 1. The topological polar surface area (TPSA) is 127 Å². The van der Waals surface area contributed by atoms with E-state index in [9.17, 15) is 18.0 Å². The molecule has 7 nitrogen and oxygen atoms in total. The van der Waals surface area contributed by atoms with Crippen molar-refractivity contribution < 1.29 is 23.1 Å². The summed E-state index contributed by atoms with van der Waals surface area (Å²) in [6.07, 6.45) is -0.612. The minimum absolute atomic E-state index is 0.0202. The minimum Gasteiger partial charge on any atom is -0.480 e. The van der Waals surface area contributed by atoms with Gasteiger partial charge in [0.15, 0.2) is 0 Å². The van der Waals surface area contributed by atoms with Crippen molar-refractivity contribution in [2.24, 2.45) is 5.73 Å². The summed E-state index contributed by atoms with van der Waals surface area (Å²) in [5, 5.41) is 8.92. The third kappa shape index (κ3) is 4.04. The van der Waals surface area contributed by atoms with Crippen molar-refractivity contribution in [3.05, 3.63) is 29.3 Å². The van der Waals surface area contributed by atoms with Crippen LogP contribution in [0.1, 0.15) is 17.5 Å². The molecule has 0 spiro atoms. The highest BCUT2D eigenvalue weighted by atomic mass is 32.2. The van der Waals surface area contributed by atoms with E-state index in [0.29, 0.717) is 5.56 Å². The molecule has 1 atom stereocenters. The van der Waals surface area contributed by atoms with Crippen molar-refractivity contribution in [2.75, 3.05) is 0 Å². The molecule has 0 aliphatic rings. The molecule has 0 aliphatic heterocycles. The molecular formula is C12H16N2O5S. The number of carbonyl (C=O) groups is 2. The predicted molar refractivity (Wildman–Crippen MR) is 71.5 cm³/mol. The number of rotatable bonds is 6. The molecule has 1 aromatic rings. The molecule has 1 rings (SSSR count). The molecular weight excluding hydrogens is 284 g/mol. The molecule has 0 saturated carbocycles. The first-order chi connectivity index (χ1) is 9.13. The smallest absolute Gasteiger partial charge is 0.322 e. The zero-order valence-corrected chi connectivity index (χ0v) is 11.9. The summed E-state index contributed by atoms with van der Waals surface area (Å²) in [7, 11) is -4.04. The Labute approximate surface area is 116 Å². The highest BCUT2D eigenvalue weighted by Crippen LogP contribution is 2.17. The highest BCUT2D eigenvalue weighted by molar-refractivity contribution is 7.89. The van der Waals surface area contributed by atoms with E-state index in [1.807, 2.05) is 4.72 Å². The molecule has 0 saturated heterocycles. The van der Waals surface area contributed by atoms with Gasteiger partial charge in [-0.05, 0) is 31.0 Å². The van der Waals surface area contributed by atoms with E-state index in [2.05, 4.69) is 0 Å². The fraction of sp³-hybridized carbons (Fsp3) is 0.333. The van der Waals surface area contributed by atoms with Crippen molar-refractivity contribution in [2.45, 2.75) is 31.2 Å². The average Bonchev–Trinajstić information content (AvgIpc) is 2.30. The number of benzene rings is 1. The molecule has 20 heavy (non-hydrogen) atoms. The first-order valence-corrected chi connectivity index (χ1v) is 7.22. The van der Waals surface area contributed by atoms with E-state index in [4.69, 9.17) is 10.8 Å². The normalized spacial score (nSPS) is 12.9. The molecule has 0 aliphatic carbocycles. The highest BCUT2D eigenvalue weighted by Gasteiger charge is 2.27. The van der Waals surface area contributed by atoms with Gasteiger partial charge in [0, 0.05) is 0 Å². The van der Waals surface area contributed by atoms with E-state index in [-0.39, 0.29) is 4.90 Å². The van der Waals surface area contributed by atoms with Crippen molar-refractivity contribution >= 4 is 21.9 Å². The quantitative estimate of drug-likeness (QED) is 0.676. The van der Waals surface area contributed by atoms with E-state index < -0.39 is 34.4 Å². The van der Waals surface area contributed by atoms with Crippen LogP contribution in [0.2, 0.25) is 0 Å². The summed E-state index contributed by atoms with van der Waals surface area (Å²) < 4.78 is 26.3. The largest absolute Gasteiger partial charge is 0.480 e. The molecule has 0 fully saturated rings.